The van der Waals surface area contributed by atoms with E-state index in [4.69, 9.17) is 4.74 Å². The highest BCUT2D eigenvalue weighted by molar-refractivity contribution is 5.92. The number of rotatable bonds is 8. The first-order chi connectivity index (χ1) is 10.7. The summed E-state index contributed by atoms with van der Waals surface area (Å²) in [4.78, 5) is 12.3. The molecular formula is C15H28ClN5O2. The van der Waals surface area contributed by atoms with E-state index < -0.39 is 0 Å². The first kappa shape index (κ1) is 19.9. The number of halogens is 1. The van der Waals surface area contributed by atoms with E-state index in [-0.39, 0.29) is 24.4 Å². The van der Waals surface area contributed by atoms with Gasteiger partial charge in [0.05, 0.1) is 24.9 Å². The summed E-state index contributed by atoms with van der Waals surface area (Å²) in [5.41, 5.74) is 0.385. The normalized spacial score (nSPS) is 16.6. The minimum atomic E-state index is -0.168. The van der Waals surface area contributed by atoms with Gasteiger partial charge in [-0.3, -0.25) is 4.79 Å². The summed E-state index contributed by atoms with van der Waals surface area (Å²) in [6.45, 7) is 4.63. The molecule has 1 aromatic rings. The molecule has 23 heavy (non-hydrogen) atoms. The van der Waals surface area contributed by atoms with Crippen molar-refractivity contribution in [1.29, 1.82) is 0 Å². The number of nitrogens with zero attached hydrogens (tertiary/aromatic N) is 3. The molecular weight excluding hydrogens is 318 g/mol. The van der Waals surface area contributed by atoms with E-state index in [1.54, 1.807) is 13.3 Å². The van der Waals surface area contributed by atoms with E-state index >= 15 is 0 Å². The zero-order valence-electron chi connectivity index (χ0n) is 14.0. The first-order valence-corrected chi connectivity index (χ1v) is 8.17. The average molecular weight is 346 g/mol. The van der Waals surface area contributed by atoms with Gasteiger partial charge in [-0.25, -0.2) is 4.68 Å². The molecule has 132 valence electrons. The number of ether oxygens (including phenoxy) is 1. The molecule has 0 aromatic carbocycles. The van der Waals surface area contributed by atoms with E-state index in [1.165, 1.54) is 0 Å². The number of hydrogen-bond acceptors (Lipinski definition) is 5. The van der Waals surface area contributed by atoms with Crippen LogP contribution in [0.5, 0.6) is 0 Å². The van der Waals surface area contributed by atoms with Gasteiger partial charge >= 0.3 is 0 Å². The highest BCUT2D eigenvalue weighted by Crippen LogP contribution is 2.17. The van der Waals surface area contributed by atoms with Crippen molar-refractivity contribution in [3.63, 3.8) is 0 Å². The van der Waals surface area contributed by atoms with Crippen LogP contribution >= 0.6 is 12.4 Å². The fourth-order valence-corrected chi connectivity index (χ4v) is 2.74. The average Bonchev–Trinajstić information content (AvgIpc) is 3.04. The van der Waals surface area contributed by atoms with Gasteiger partial charge in [-0.15, -0.1) is 17.5 Å². The molecule has 0 bridgehead atoms. The van der Waals surface area contributed by atoms with Gasteiger partial charge in [0.25, 0.3) is 5.91 Å². The topological polar surface area (TPSA) is 81.1 Å². The summed E-state index contributed by atoms with van der Waals surface area (Å²) >= 11 is 0. The molecule has 1 saturated heterocycles. The van der Waals surface area contributed by atoms with Crippen LogP contribution in [-0.2, 0) is 4.74 Å². The molecule has 1 aromatic heterocycles. The summed E-state index contributed by atoms with van der Waals surface area (Å²) in [6, 6.07) is 0.367. The Morgan fingerprint density at radius 3 is 2.91 bits per heavy atom. The van der Waals surface area contributed by atoms with E-state index in [2.05, 4.69) is 27.9 Å². The van der Waals surface area contributed by atoms with Gasteiger partial charge in [0.1, 0.15) is 0 Å². The summed E-state index contributed by atoms with van der Waals surface area (Å²) in [6.07, 6.45) is 6.88. The molecule has 1 aliphatic heterocycles. The molecule has 0 radical (unpaired) electrons. The summed E-state index contributed by atoms with van der Waals surface area (Å²) in [7, 11) is 1.65. The number of carbonyl (C=O) groups is 1. The minimum absolute atomic E-state index is 0. The van der Waals surface area contributed by atoms with Crippen molar-refractivity contribution in [3.05, 3.63) is 11.9 Å². The highest BCUT2D eigenvalue weighted by atomic mass is 35.5. The van der Waals surface area contributed by atoms with E-state index in [0.717, 1.165) is 45.2 Å². The molecule has 1 amide bonds. The van der Waals surface area contributed by atoms with Crippen LogP contribution in [-0.4, -0.2) is 53.7 Å². The second kappa shape index (κ2) is 10.6. The van der Waals surface area contributed by atoms with Crippen molar-refractivity contribution in [2.75, 3.05) is 26.8 Å². The van der Waals surface area contributed by atoms with Crippen LogP contribution in [0.3, 0.4) is 0 Å². The maximum absolute atomic E-state index is 12.3. The second-order valence-electron chi connectivity index (χ2n) is 5.83. The third kappa shape index (κ3) is 6.08. The highest BCUT2D eigenvalue weighted by Gasteiger charge is 2.20. The lowest BCUT2D eigenvalue weighted by Gasteiger charge is -2.22. The monoisotopic (exact) mass is 345 g/mol. The minimum Gasteiger partial charge on any atom is -0.383 e. The number of amides is 1. The van der Waals surface area contributed by atoms with Crippen molar-refractivity contribution in [2.24, 2.45) is 0 Å². The Morgan fingerprint density at radius 1 is 1.52 bits per heavy atom. The Morgan fingerprint density at radius 2 is 2.26 bits per heavy atom. The summed E-state index contributed by atoms with van der Waals surface area (Å²) < 4.78 is 7.00. The predicted octanol–water partition coefficient (Wildman–Crippen LogP) is 1.56. The molecule has 7 nitrogen and oxygen atoms in total. The van der Waals surface area contributed by atoms with Crippen LogP contribution in [0.1, 0.15) is 55.6 Å². The van der Waals surface area contributed by atoms with Crippen LogP contribution in [0.15, 0.2) is 6.20 Å². The van der Waals surface area contributed by atoms with Gasteiger partial charge in [-0.05, 0) is 32.4 Å². The van der Waals surface area contributed by atoms with E-state index in [9.17, 15) is 4.79 Å². The maximum atomic E-state index is 12.3. The fraction of sp³-hybridized carbons (Fsp3) is 0.800. The quantitative estimate of drug-likeness (QED) is 0.747. The van der Waals surface area contributed by atoms with Crippen molar-refractivity contribution in [3.8, 4) is 0 Å². The maximum Gasteiger partial charge on any atom is 0.273 e. The smallest absolute Gasteiger partial charge is 0.273 e. The Labute approximate surface area is 143 Å². The van der Waals surface area contributed by atoms with Gasteiger partial charge in [0.15, 0.2) is 5.69 Å². The van der Waals surface area contributed by atoms with Crippen LogP contribution in [0.25, 0.3) is 0 Å². The summed E-state index contributed by atoms with van der Waals surface area (Å²) in [5, 5.41) is 14.5. The van der Waals surface area contributed by atoms with Gasteiger partial charge in [0.2, 0.25) is 0 Å². The summed E-state index contributed by atoms with van der Waals surface area (Å²) in [5.74, 6) is -0.168. The molecule has 8 heteroatoms. The lowest BCUT2D eigenvalue weighted by Crippen LogP contribution is -2.38. The van der Waals surface area contributed by atoms with E-state index in [1.807, 2.05) is 4.68 Å². The van der Waals surface area contributed by atoms with Crippen LogP contribution < -0.4 is 10.6 Å². The molecule has 1 aliphatic rings. The van der Waals surface area contributed by atoms with Gasteiger partial charge in [-0.1, -0.05) is 25.0 Å². The number of unbranched alkanes of at least 4 members (excludes halogenated alkanes) is 1. The van der Waals surface area contributed by atoms with Gasteiger partial charge in [0, 0.05) is 7.11 Å². The third-order valence-corrected chi connectivity index (χ3v) is 4.03. The van der Waals surface area contributed by atoms with Crippen molar-refractivity contribution < 1.29 is 9.53 Å². The zero-order chi connectivity index (χ0) is 15.8. The molecule has 2 rings (SSSR count). The Bertz CT molecular complexity index is 462. The Kier molecular flexibility index (Phi) is 9.13. The molecule has 1 unspecified atom stereocenters. The number of hydrogen-bond donors (Lipinski definition) is 2. The van der Waals surface area contributed by atoms with Crippen LogP contribution in [0.4, 0.5) is 0 Å². The number of carbonyl (C=O) groups excluding carboxylic acids is 1. The predicted molar refractivity (Wildman–Crippen MR) is 91.1 cm³/mol. The fourth-order valence-electron chi connectivity index (χ4n) is 2.74. The standard InChI is InChI=1S/C15H27N5O2.ClH/c1-3-4-5-12(11-22-2)17-15(21)14-10-20(19-18-14)13-6-8-16-9-7-13;/h10,12-13,16H,3-9,11H2,1-2H3,(H,17,21);1H. The van der Waals surface area contributed by atoms with Crippen LogP contribution in [0.2, 0.25) is 0 Å². The molecule has 1 atom stereocenters. The van der Waals surface area contributed by atoms with Crippen molar-refractivity contribution in [1.82, 2.24) is 25.6 Å². The first-order valence-electron chi connectivity index (χ1n) is 8.17. The van der Waals surface area contributed by atoms with Gasteiger partial charge in [-0.2, -0.15) is 0 Å². The molecule has 0 aliphatic carbocycles. The van der Waals surface area contributed by atoms with Gasteiger partial charge < -0.3 is 15.4 Å². The lowest BCUT2D eigenvalue weighted by molar-refractivity contribution is 0.0885. The largest absolute Gasteiger partial charge is 0.383 e. The Balaban J connectivity index is 0.00000264. The molecule has 2 heterocycles. The number of methoxy groups -OCH3 is 1. The second-order valence-corrected chi connectivity index (χ2v) is 5.83. The molecule has 0 saturated carbocycles. The molecule has 1 fully saturated rings. The Hall–Kier alpha value is -1.18. The number of piperidine rings is 1. The molecule has 2 N–H and O–H groups in total. The third-order valence-electron chi connectivity index (χ3n) is 4.03. The van der Waals surface area contributed by atoms with E-state index in [0.29, 0.717) is 18.3 Å². The van der Waals surface area contributed by atoms with Crippen molar-refractivity contribution in [2.45, 2.75) is 51.1 Å². The SMILES string of the molecule is CCCCC(COC)NC(=O)c1cn(C2CCNCC2)nn1.Cl. The van der Waals surface area contributed by atoms with Crippen LogP contribution in [0, 0.1) is 0 Å². The molecule has 0 spiro atoms. The lowest BCUT2D eigenvalue weighted by atomic mass is 10.1. The number of nitrogens with one attached hydrogen (secondary N) is 2. The van der Waals surface area contributed by atoms with Crippen molar-refractivity contribution >= 4 is 18.3 Å². The number of aromatic nitrogens is 3. The zero-order valence-corrected chi connectivity index (χ0v) is 14.8.